The van der Waals surface area contributed by atoms with Gasteiger partial charge in [-0.15, -0.1) is 0 Å². The van der Waals surface area contributed by atoms with Crippen molar-refractivity contribution in [2.24, 2.45) is 17.8 Å². The molecular formula is C15H19NO4. The Kier molecular flexibility index (Phi) is 3.51. The van der Waals surface area contributed by atoms with Crippen LogP contribution in [-0.4, -0.2) is 18.5 Å². The fourth-order valence-electron chi connectivity index (χ4n) is 3.29. The Balaban J connectivity index is 1.49. The normalized spacial score (nSPS) is 26.9. The summed E-state index contributed by atoms with van der Waals surface area (Å²) in [4.78, 5) is 23.4. The van der Waals surface area contributed by atoms with Gasteiger partial charge in [-0.05, 0) is 43.7 Å². The zero-order chi connectivity index (χ0) is 14.1. The van der Waals surface area contributed by atoms with Crippen molar-refractivity contribution in [2.75, 3.05) is 6.61 Å². The molecule has 5 heteroatoms. The standard InChI is InChI=1S/C15H19NO4/c1-2-19-15(18)12-7-6-9(20-12)8-16-14(17)13-10-4-3-5-11(10)13/h6-7,10-11,13H,2-5,8H2,1H3,(H,16,17)/t10-,11+,13?. The lowest BCUT2D eigenvalue weighted by Gasteiger charge is -2.04. The number of amides is 1. The van der Waals surface area contributed by atoms with Crippen molar-refractivity contribution in [3.8, 4) is 0 Å². The van der Waals surface area contributed by atoms with Crippen LogP contribution in [0.15, 0.2) is 16.5 Å². The fraction of sp³-hybridized carbons (Fsp3) is 0.600. The number of hydrogen-bond donors (Lipinski definition) is 1. The smallest absolute Gasteiger partial charge is 0.374 e. The summed E-state index contributed by atoms with van der Waals surface area (Å²) in [6.45, 7) is 2.39. The molecule has 3 atom stereocenters. The monoisotopic (exact) mass is 277 g/mol. The van der Waals surface area contributed by atoms with Gasteiger partial charge in [0.2, 0.25) is 11.7 Å². The highest BCUT2D eigenvalue weighted by Crippen LogP contribution is 2.57. The van der Waals surface area contributed by atoms with Crippen LogP contribution in [0.3, 0.4) is 0 Å². The van der Waals surface area contributed by atoms with Crippen molar-refractivity contribution in [3.63, 3.8) is 0 Å². The summed E-state index contributed by atoms with van der Waals surface area (Å²) in [6, 6.07) is 3.27. The molecule has 1 aromatic heterocycles. The third kappa shape index (κ3) is 2.44. The summed E-state index contributed by atoms with van der Waals surface area (Å²) < 4.78 is 10.2. The van der Waals surface area contributed by atoms with Crippen LogP contribution in [0, 0.1) is 17.8 Å². The van der Waals surface area contributed by atoms with Gasteiger partial charge in [0.15, 0.2) is 0 Å². The maximum atomic E-state index is 12.0. The van der Waals surface area contributed by atoms with Crippen molar-refractivity contribution in [2.45, 2.75) is 32.7 Å². The number of carbonyl (C=O) groups is 2. The molecule has 2 fully saturated rings. The highest BCUT2D eigenvalue weighted by atomic mass is 16.5. The van der Waals surface area contributed by atoms with Crippen molar-refractivity contribution < 1.29 is 18.7 Å². The van der Waals surface area contributed by atoms with E-state index in [4.69, 9.17) is 9.15 Å². The van der Waals surface area contributed by atoms with Crippen LogP contribution in [0.2, 0.25) is 0 Å². The average Bonchev–Trinajstić information content (AvgIpc) is 2.86. The van der Waals surface area contributed by atoms with Gasteiger partial charge in [-0.25, -0.2) is 4.79 Å². The second-order valence-electron chi connectivity index (χ2n) is 5.49. The topological polar surface area (TPSA) is 68.5 Å². The quantitative estimate of drug-likeness (QED) is 0.837. The molecule has 2 saturated carbocycles. The summed E-state index contributed by atoms with van der Waals surface area (Å²) in [6.07, 6.45) is 3.65. The Morgan fingerprint density at radius 2 is 2.10 bits per heavy atom. The van der Waals surface area contributed by atoms with Gasteiger partial charge in [-0.2, -0.15) is 0 Å². The van der Waals surface area contributed by atoms with Gasteiger partial charge in [0.1, 0.15) is 5.76 Å². The molecule has 2 aliphatic rings. The predicted octanol–water partition coefficient (Wildman–Crippen LogP) is 2.12. The first-order valence-electron chi connectivity index (χ1n) is 7.24. The van der Waals surface area contributed by atoms with Gasteiger partial charge in [0, 0.05) is 5.92 Å². The molecule has 1 aromatic rings. The molecule has 0 spiro atoms. The second kappa shape index (κ2) is 5.31. The summed E-state index contributed by atoms with van der Waals surface area (Å²) >= 11 is 0. The molecule has 1 unspecified atom stereocenters. The Bertz CT molecular complexity index is 512. The maximum Gasteiger partial charge on any atom is 0.374 e. The molecule has 0 radical (unpaired) electrons. The minimum Gasteiger partial charge on any atom is -0.460 e. The average molecular weight is 277 g/mol. The first-order chi connectivity index (χ1) is 9.70. The Labute approximate surface area is 117 Å². The van der Waals surface area contributed by atoms with E-state index in [0.29, 0.717) is 30.7 Å². The Hall–Kier alpha value is -1.78. The highest BCUT2D eigenvalue weighted by molar-refractivity contribution is 5.86. The van der Waals surface area contributed by atoms with Gasteiger partial charge in [-0.1, -0.05) is 6.42 Å². The molecule has 0 saturated heterocycles. The molecule has 0 bridgehead atoms. The van der Waals surface area contributed by atoms with Crippen molar-refractivity contribution in [3.05, 3.63) is 23.7 Å². The molecule has 5 nitrogen and oxygen atoms in total. The van der Waals surface area contributed by atoms with Crippen LogP contribution in [0.5, 0.6) is 0 Å². The number of rotatable bonds is 5. The van der Waals surface area contributed by atoms with Gasteiger partial charge in [-0.3, -0.25) is 4.79 Å². The highest BCUT2D eigenvalue weighted by Gasteiger charge is 2.56. The molecule has 3 rings (SSSR count). The lowest BCUT2D eigenvalue weighted by atomic mass is 10.1. The summed E-state index contributed by atoms with van der Waals surface area (Å²) in [7, 11) is 0. The molecule has 0 aliphatic heterocycles. The molecule has 2 aliphatic carbocycles. The number of ether oxygens (including phenoxy) is 1. The fourth-order valence-corrected chi connectivity index (χ4v) is 3.29. The Morgan fingerprint density at radius 3 is 2.80 bits per heavy atom. The number of esters is 1. The molecule has 1 N–H and O–H groups in total. The van der Waals surface area contributed by atoms with Crippen LogP contribution in [-0.2, 0) is 16.1 Å². The van der Waals surface area contributed by atoms with Crippen LogP contribution in [0.4, 0.5) is 0 Å². The minimum atomic E-state index is -0.471. The van der Waals surface area contributed by atoms with E-state index >= 15 is 0 Å². The van der Waals surface area contributed by atoms with Crippen molar-refractivity contribution in [1.29, 1.82) is 0 Å². The van der Waals surface area contributed by atoms with E-state index in [9.17, 15) is 9.59 Å². The number of furan rings is 1. The molecule has 0 aromatic carbocycles. The third-order valence-electron chi connectivity index (χ3n) is 4.28. The summed E-state index contributed by atoms with van der Waals surface area (Å²) in [5.74, 6) is 1.84. The van der Waals surface area contributed by atoms with E-state index in [1.54, 1.807) is 19.1 Å². The largest absolute Gasteiger partial charge is 0.460 e. The number of nitrogens with one attached hydrogen (secondary N) is 1. The summed E-state index contributed by atoms with van der Waals surface area (Å²) in [5.41, 5.74) is 0. The van der Waals surface area contributed by atoms with Gasteiger partial charge < -0.3 is 14.5 Å². The number of carbonyl (C=O) groups excluding carboxylic acids is 2. The molecule has 1 amide bonds. The molecule has 20 heavy (non-hydrogen) atoms. The van der Waals surface area contributed by atoms with Crippen LogP contribution in [0.1, 0.15) is 42.5 Å². The first-order valence-corrected chi connectivity index (χ1v) is 7.24. The van der Waals surface area contributed by atoms with Crippen LogP contribution < -0.4 is 5.32 Å². The van der Waals surface area contributed by atoms with E-state index in [1.807, 2.05) is 0 Å². The molecular weight excluding hydrogens is 258 g/mol. The van der Waals surface area contributed by atoms with Crippen molar-refractivity contribution >= 4 is 11.9 Å². The zero-order valence-electron chi connectivity index (χ0n) is 11.6. The lowest BCUT2D eigenvalue weighted by molar-refractivity contribution is -0.123. The van der Waals surface area contributed by atoms with E-state index in [-0.39, 0.29) is 17.6 Å². The SMILES string of the molecule is CCOC(=O)c1ccc(CNC(=O)C2[C@H]3CCC[C@@H]23)o1. The first kappa shape index (κ1) is 13.2. The predicted molar refractivity (Wildman–Crippen MR) is 70.8 cm³/mol. The van der Waals surface area contributed by atoms with Gasteiger partial charge in [0.05, 0.1) is 13.2 Å². The van der Waals surface area contributed by atoms with Gasteiger partial charge in [0.25, 0.3) is 0 Å². The summed E-state index contributed by atoms with van der Waals surface area (Å²) in [5, 5.41) is 2.89. The molecule has 1 heterocycles. The van der Waals surface area contributed by atoms with Crippen LogP contribution >= 0.6 is 0 Å². The second-order valence-corrected chi connectivity index (χ2v) is 5.49. The third-order valence-corrected chi connectivity index (χ3v) is 4.28. The number of hydrogen-bond acceptors (Lipinski definition) is 4. The zero-order valence-corrected chi connectivity index (χ0v) is 11.6. The van der Waals surface area contributed by atoms with E-state index in [1.165, 1.54) is 19.3 Å². The van der Waals surface area contributed by atoms with Crippen LogP contribution in [0.25, 0.3) is 0 Å². The van der Waals surface area contributed by atoms with E-state index in [2.05, 4.69) is 5.32 Å². The molecule has 108 valence electrons. The van der Waals surface area contributed by atoms with E-state index in [0.717, 1.165) is 0 Å². The van der Waals surface area contributed by atoms with Crippen molar-refractivity contribution in [1.82, 2.24) is 5.32 Å². The number of fused-ring (bicyclic) bond motifs is 1. The lowest BCUT2D eigenvalue weighted by Crippen LogP contribution is -2.25. The Morgan fingerprint density at radius 1 is 1.35 bits per heavy atom. The van der Waals surface area contributed by atoms with Gasteiger partial charge >= 0.3 is 5.97 Å². The maximum absolute atomic E-state index is 12.0. The minimum absolute atomic E-state index is 0.119. The van der Waals surface area contributed by atoms with E-state index < -0.39 is 5.97 Å².